The van der Waals surface area contributed by atoms with Gasteiger partial charge in [-0.25, -0.2) is 0 Å². The summed E-state index contributed by atoms with van der Waals surface area (Å²) in [6, 6.07) is 3.15. The zero-order valence-electron chi connectivity index (χ0n) is 19.7. The van der Waals surface area contributed by atoms with Gasteiger partial charge in [0.2, 0.25) is 0 Å². The molecule has 0 heterocycles. The molecule has 0 aromatic carbocycles. The second-order valence-corrected chi connectivity index (χ2v) is 19.6. The summed E-state index contributed by atoms with van der Waals surface area (Å²) >= 11 is -3.32. The molecular formula is C20H48N4W. The molecule has 0 bridgehead atoms. The van der Waals surface area contributed by atoms with E-state index in [1.54, 1.807) is 0 Å². The molecule has 0 saturated carbocycles. The van der Waals surface area contributed by atoms with Gasteiger partial charge >= 0.3 is 164 Å². The van der Waals surface area contributed by atoms with E-state index in [0.29, 0.717) is 36.3 Å². The van der Waals surface area contributed by atoms with Crippen molar-refractivity contribution in [2.75, 3.05) is 14.1 Å². The Kier molecular flexibility index (Phi) is 10.4. The predicted molar refractivity (Wildman–Crippen MR) is 110 cm³/mol. The van der Waals surface area contributed by atoms with Gasteiger partial charge in [-0.15, -0.1) is 0 Å². The monoisotopic (exact) mass is 528 g/mol. The summed E-state index contributed by atoms with van der Waals surface area (Å²) in [6.07, 6.45) is 0. The van der Waals surface area contributed by atoms with Crippen LogP contribution in [0.4, 0.5) is 0 Å². The maximum atomic E-state index is 2.90. The third-order valence-electron chi connectivity index (χ3n) is 4.39. The van der Waals surface area contributed by atoms with Gasteiger partial charge in [-0.05, 0) is 0 Å². The first-order valence-electron chi connectivity index (χ1n) is 10.1. The Bertz CT molecular complexity index is 304. The van der Waals surface area contributed by atoms with E-state index in [2.05, 4.69) is 111 Å². The van der Waals surface area contributed by atoms with Crippen molar-refractivity contribution in [1.29, 1.82) is 0 Å². The number of hydrogen-bond donors (Lipinski definition) is 0. The number of rotatable bonds is 10. The molecular weight excluding hydrogens is 480 g/mol. The topological polar surface area (TPSA) is 13.0 Å². The van der Waals surface area contributed by atoms with Crippen LogP contribution < -0.4 is 0 Å². The molecule has 0 aliphatic rings. The van der Waals surface area contributed by atoms with Crippen LogP contribution in [0.5, 0.6) is 0 Å². The first kappa shape index (κ1) is 25.5. The van der Waals surface area contributed by atoms with Gasteiger partial charge < -0.3 is 0 Å². The average Bonchev–Trinajstić information content (AvgIpc) is 2.34. The van der Waals surface area contributed by atoms with Gasteiger partial charge in [0.15, 0.2) is 0 Å². The van der Waals surface area contributed by atoms with Gasteiger partial charge in [0, 0.05) is 0 Å². The van der Waals surface area contributed by atoms with Gasteiger partial charge in [0.05, 0.1) is 0 Å². The zero-order valence-corrected chi connectivity index (χ0v) is 22.6. The third-order valence-corrected chi connectivity index (χ3v) is 23.1. The van der Waals surface area contributed by atoms with Crippen LogP contribution in [0.25, 0.3) is 0 Å². The van der Waals surface area contributed by atoms with Crippen LogP contribution in [0.1, 0.15) is 83.1 Å². The van der Waals surface area contributed by atoms with Crippen LogP contribution in [0.3, 0.4) is 0 Å². The van der Waals surface area contributed by atoms with E-state index >= 15 is 0 Å². The van der Waals surface area contributed by atoms with Crippen molar-refractivity contribution in [2.24, 2.45) is 0 Å². The Morgan fingerprint density at radius 3 is 0.640 bits per heavy atom. The summed E-state index contributed by atoms with van der Waals surface area (Å²) in [6.45, 7) is 28.6. The molecule has 0 aromatic heterocycles. The molecule has 4 nitrogen and oxygen atoms in total. The maximum absolute atomic E-state index is 3.32. The van der Waals surface area contributed by atoms with Crippen LogP contribution in [-0.4, -0.2) is 64.2 Å². The average molecular weight is 528 g/mol. The fourth-order valence-electron chi connectivity index (χ4n) is 4.38. The van der Waals surface area contributed by atoms with Gasteiger partial charge in [0.1, 0.15) is 0 Å². The molecule has 0 spiro atoms. The summed E-state index contributed by atoms with van der Waals surface area (Å²) in [5, 5.41) is 0. The van der Waals surface area contributed by atoms with Gasteiger partial charge in [-0.1, -0.05) is 0 Å². The Morgan fingerprint density at radius 1 is 0.400 bits per heavy atom. The van der Waals surface area contributed by atoms with E-state index in [9.17, 15) is 0 Å². The van der Waals surface area contributed by atoms with Crippen molar-refractivity contribution in [3.63, 3.8) is 0 Å². The van der Waals surface area contributed by atoms with Crippen LogP contribution in [-0.2, 0) is 17.1 Å². The fourth-order valence-corrected chi connectivity index (χ4v) is 23.0. The Morgan fingerprint density at radius 2 is 0.560 bits per heavy atom. The van der Waals surface area contributed by atoms with Crippen LogP contribution in [0, 0.1) is 0 Å². The molecule has 0 fully saturated rings. The Balaban J connectivity index is 6.98. The SMILES string of the molecule is CC(C)[N](C(C)C)[W]([N](C)C)([N](C(C)C)C(C)C)[N](C(C)C)C(C)C. The molecule has 0 aromatic rings. The van der Waals surface area contributed by atoms with E-state index in [0.717, 1.165) is 0 Å². The summed E-state index contributed by atoms with van der Waals surface area (Å²) in [5.41, 5.74) is 0. The van der Waals surface area contributed by atoms with E-state index in [1.807, 2.05) is 0 Å². The Labute approximate surface area is 164 Å². The minimum atomic E-state index is -3.32. The molecule has 0 aliphatic carbocycles. The summed E-state index contributed by atoms with van der Waals surface area (Å²) < 4.78 is 11.3. The third kappa shape index (κ3) is 5.29. The van der Waals surface area contributed by atoms with Crippen molar-refractivity contribution in [3.8, 4) is 0 Å². The van der Waals surface area contributed by atoms with Gasteiger partial charge in [-0.3, -0.25) is 0 Å². The summed E-state index contributed by atoms with van der Waals surface area (Å²) in [5.74, 6) is 0. The van der Waals surface area contributed by atoms with E-state index < -0.39 is 17.1 Å². The first-order chi connectivity index (χ1) is 11.2. The van der Waals surface area contributed by atoms with E-state index in [1.165, 1.54) is 0 Å². The normalized spacial score (nSPS) is 15.0. The second kappa shape index (κ2) is 10.2. The van der Waals surface area contributed by atoms with E-state index in [4.69, 9.17) is 0 Å². The molecule has 0 atom stereocenters. The molecule has 0 saturated heterocycles. The van der Waals surface area contributed by atoms with Crippen molar-refractivity contribution >= 4 is 0 Å². The molecule has 154 valence electrons. The molecule has 0 radical (unpaired) electrons. The number of nitrogens with zero attached hydrogens (tertiary/aromatic N) is 4. The molecule has 25 heavy (non-hydrogen) atoms. The number of hydrogen-bond acceptors (Lipinski definition) is 4. The van der Waals surface area contributed by atoms with E-state index in [-0.39, 0.29) is 0 Å². The van der Waals surface area contributed by atoms with Crippen LogP contribution in [0.15, 0.2) is 0 Å². The first-order valence-corrected chi connectivity index (χ1v) is 15.3. The van der Waals surface area contributed by atoms with Crippen LogP contribution >= 0.6 is 0 Å². The van der Waals surface area contributed by atoms with Crippen LogP contribution in [0.2, 0.25) is 0 Å². The molecule has 0 N–H and O–H groups in total. The summed E-state index contributed by atoms with van der Waals surface area (Å²) in [7, 11) is 4.67. The van der Waals surface area contributed by atoms with Gasteiger partial charge in [-0.2, -0.15) is 0 Å². The van der Waals surface area contributed by atoms with Crippen molar-refractivity contribution < 1.29 is 17.1 Å². The Hall–Kier alpha value is 0.528. The fraction of sp³-hybridized carbons (Fsp3) is 1.00. The van der Waals surface area contributed by atoms with Crippen molar-refractivity contribution in [3.05, 3.63) is 0 Å². The molecule has 0 amide bonds. The minimum absolute atomic E-state index is 0.525. The van der Waals surface area contributed by atoms with Gasteiger partial charge in [0.25, 0.3) is 0 Å². The second-order valence-electron chi connectivity index (χ2n) is 8.94. The van der Waals surface area contributed by atoms with Crippen molar-refractivity contribution in [2.45, 2.75) is 119 Å². The quantitative estimate of drug-likeness (QED) is 0.407. The standard InChI is InChI=1S/3C6H14N.C2H6N.W/c3*1-5(2)7-6(3)4;1-3-2;/h3*5-6H,1-4H3;1-2H3;/q4*-1;+4. The predicted octanol–water partition coefficient (Wildman–Crippen LogP) is 4.72. The molecule has 0 rings (SSSR count). The van der Waals surface area contributed by atoms with Crippen molar-refractivity contribution in [1.82, 2.24) is 13.8 Å². The molecule has 0 unspecified atom stereocenters. The summed E-state index contributed by atoms with van der Waals surface area (Å²) in [4.78, 5) is 0. The zero-order chi connectivity index (χ0) is 20.3. The molecule has 5 heteroatoms. The molecule has 0 aliphatic heterocycles.